The Hall–Kier alpha value is -0.100. The molecule has 76 valence electrons. The van der Waals surface area contributed by atoms with Crippen molar-refractivity contribution in [3.05, 3.63) is 0 Å². The van der Waals surface area contributed by atoms with Crippen LogP contribution in [0.5, 0.6) is 0 Å². The predicted molar refractivity (Wildman–Crippen MR) is 41.4 cm³/mol. The lowest BCUT2D eigenvalue weighted by molar-refractivity contribution is -0.206. The zero-order valence-electron chi connectivity index (χ0n) is 6.65. The van der Waals surface area contributed by atoms with Gasteiger partial charge in [0.15, 0.2) is 14.3 Å². The molecule has 7 heteroatoms. The van der Waals surface area contributed by atoms with Gasteiger partial charge in [0, 0.05) is 0 Å². The van der Waals surface area contributed by atoms with Crippen molar-refractivity contribution in [2.24, 2.45) is 0 Å². The lowest BCUT2D eigenvalue weighted by Crippen LogP contribution is -2.56. The number of aliphatic hydroxyl groups is 4. The van der Waals surface area contributed by atoms with E-state index in [1.807, 2.05) is 0 Å². The number of ether oxygens (including phenoxy) is 1. The van der Waals surface area contributed by atoms with Gasteiger partial charge >= 0.3 is 0 Å². The molecule has 13 heavy (non-hydrogen) atoms. The summed E-state index contributed by atoms with van der Waals surface area (Å²) >= 11 is 0. The van der Waals surface area contributed by atoms with Crippen LogP contribution in [-0.4, -0.2) is 57.3 Å². The van der Waals surface area contributed by atoms with E-state index < -0.39 is 45.3 Å². The van der Waals surface area contributed by atoms with Crippen molar-refractivity contribution in [3.63, 3.8) is 0 Å². The summed E-state index contributed by atoms with van der Waals surface area (Å²) in [7, 11) is -0.489. The van der Waals surface area contributed by atoms with Crippen LogP contribution in [0, 0.1) is 0 Å². The first kappa shape index (κ1) is 11.0. The molecule has 0 radical (unpaired) electrons. The molecule has 0 bridgehead atoms. The van der Waals surface area contributed by atoms with Gasteiger partial charge in [-0.3, -0.25) is 4.57 Å². The molecule has 1 unspecified atom stereocenters. The van der Waals surface area contributed by atoms with E-state index in [0.717, 1.165) is 0 Å². The fraction of sp³-hybridized carbons (Fsp3) is 1.00. The molecular weight excluding hydrogens is 199 g/mol. The second-order valence-corrected chi connectivity index (χ2v) is 3.54. The SMILES string of the molecule is O=PC1O[C@H](CO)[C@@H](O)[C@H](O)[C@H]1O. The minimum atomic E-state index is -1.45. The molecule has 5 atom stereocenters. The summed E-state index contributed by atoms with van der Waals surface area (Å²) in [6.07, 6.45) is -5.22. The van der Waals surface area contributed by atoms with Crippen LogP contribution < -0.4 is 0 Å². The summed E-state index contributed by atoms with van der Waals surface area (Å²) < 4.78 is 15.3. The first-order valence-corrected chi connectivity index (χ1v) is 4.63. The highest BCUT2D eigenvalue weighted by molar-refractivity contribution is 7.24. The maximum atomic E-state index is 10.4. The smallest absolute Gasteiger partial charge is 0.190 e. The van der Waals surface area contributed by atoms with E-state index in [4.69, 9.17) is 9.84 Å². The van der Waals surface area contributed by atoms with Gasteiger partial charge in [0.1, 0.15) is 24.4 Å². The summed E-state index contributed by atoms with van der Waals surface area (Å²) in [5.41, 5.74) is 0. The Morgan fingerprint density at radius 1 is 1.15 bits per heavy atom. The van der Waals surface area contributed by atoms with Crippen LogP contribution in [0.15, 0.2) is 0 Å². The molecule has 0 aromatic rings. The lowest BCUT2D eigenvalue weighted by Gasteiger charge is -2.37. The molecule has 0 amide bonds. The van der Waals surface area contributed by atoms with E-state index in [1.54, 1.807) is 0 Å². The molecule has 0 spiro atoms. The van der Waals surface area contributed by atoms with Gasteiger partial charge in [-0.2, -0.15) is 0 Å². The second kappa shape index (κ2) is 4.41. The fourth-order valence-corrected chi connectivity index (χ4v) is 1.68. The van der Waals surface area contributed by atoms with E-state index in [0.29, 0.717) is 0 Å². The van der Waals surface area contributed by atoms with Crippen molar-refractivity contribution >= 4 is 8.46 Å². The quantitative estimate of drug-likeness (QED) is 0.396. The van der Waals surface area contributed by atoms with Crippen molar-refractivity contribution in [1.29, 1.82) is 0 Å². The monoisotopic (exact) mass is 210 g/mol. The molecule has 0 aromatic carbocycles. The van der Waals surface area contributed by atoms with Crippen molar-refractivity contribution in [3.8, 4) is 0 Å². The van der Waals surface area contributed by atoms with Crippen LogP contribution in [0.3, 0.4) is 0 Å². The molecule has 6 nitrogen and oxygen atoms in total. The highest BCUT2D eigenvalue weighted by Gasteiger charge is 2.43. The van der Waals surface area contributed by atoms with Gasteiger partial charge in [0.2, 0.25) is 0 Å². The second-order valence-electron chi connectivity index (χ2n) is 2.82. The van der Waals surface area contributed by atoms with Gasteiger partial charge in [-0.15, -0.1) is 0 Å². The Labute approximate surface area is 76.0 Å². The summed E-state index contributed by atoms with van der Waals surface area (Å²) in [6.45, 7) is -0.503. The molecule has 4 N–H and O–H groups in total. The van der Waals surface area contributed by atoms with Crippen LogP contribution in [0.2, 0.25) is 0 Å². The van der Waals surface area contributed by atoms with Gasteiger partial charge in [-0.1, -0.05) is 0 Å². The van der Waals surface area contributed by atoms with Gasteiger partial charge in [0.25, 0.3) is 0 Å². The third-order valence-electron chi connectivity index (χ3n) is 1.97. The normalized spacial score (nSPS) is 46.6. The highest BCUT2D eigenvalue weighted by Crippen LogP contribution is 2.26. The van der Waals surface area contributed by atoms with Crippen LogP contribution in [0.4, 0.5) is 0 Å². The molecular formula is C6H11O6P. The molecule has 1 aliphatic rings. The maximum absolute atomic E-state index is 10.4. The number of aliphatic hydroxyl groups excluding tert-OH is 4. The molecule has 1 fully saturated rings. The third-order valence-corrected chi connectivity index (χ3v) is 2.61. The van der Waals surface area contributed by atoms with Crippen LogP contribution in [-0.2, 0) is 9.30 Å². The molecule has 0 aliphatic carbocycles. The number of hydrogen-bond donors (Lipinski definition) is 4. The van der Waals surface area contributed by atoms with Crippen LogP contribution in [0.25, 0.3) is 0 Å². The Kier molecular flexibility index (Phi) is 3.73. The van der Waals surface area contributed by atoms with E-state index in [2.05, 4.69) is 0 Å². The third kappa shape index (κ3) is 2.04. The Morgan fingerprint density at radius 2 is 1.77 bits per heavy atom. The maximum Gasteiger partial charge on any atom is 0.190 e. The number of hydrogen-bond acceptors (Lipinski definition) is 6. The molecule has 1 aliphatic heterocycles. The predicted octanol–water partition coefficient (Wildman–Crippen LogP) is -1.92. The van der Waals surface area contributed by atoms with Crippen molar-refractivity contribution in [2.45, 2.75) is 30.3 Å². The standard InChI is InChI=1S/C6H11O6P/c7-1-2-3(8)4(9)5(10)6(12-2)13-11/h2-10H,1H2/t2-,3-,4+,5-,6?/m1/s1. The van der Waals surface area contributed by atoms with Gasteiger partial charge in [0.05, 0.1) is 6.61 Å². The Morgan fingerprint density at radius 3 is 2.23 bits per heavy atom. The summed E-state index contributed by atoms with van der Waals surface area (Å²) in [5, 5.41) is 36.3. The van der Waals surface area contributed by atoms with Gasteiger partial charge in [-0.25, -0.2) is 0 Å². The highest BCUT2D eigenvalue weighted by atomic mass is 31.1. The van der Waals surface area contributed by atoms with Gasteiger partial charge < -0.3 is 25.2 Å². The summed E-state index contributed by atoms with van der Waals surface area (Å²) in [4.78, 5) is 0. The lowest BCUT2D eigenvalue weighted by atomic mass is 10.0. The van der Waals surface area contributed by atoms with E-state index in [1.165, 1.54) is 0 Å². The first-order valence-electron chi connectivity index (χ1n) is 3.74. The van der Waals surface area contributed by atoms with E-state index in [9.17, 15) is 19.9 Å². The minimum Gasteiger partial charge on any atom is -0.394 e. The molecule has 1 rings (SSSR count). The number of rotatable bonds is 2. The summed E-state index contributed by atoms with van der Waals surface area (Å²) in [5.74, 6) is -1.10. The van der Waals surface area contributed by atoms with Crippen molar-refractivity contribution in [2.75, 3.05) is 6.61 Å². The largest absolute Gasteiger partial charge is 0.394 e. The van der Waals surface area contributed by atoms with Crippen LogP contribution >= 0.6 is 8.46 Å². The summed E-state index contributed by atoms with van der Waals surface area (Å²) in [6, 6.07) is 0. The average molecular weight is 210 g/mol. The van der Waals surface area contributed by atoms with Crippen LogP contribution in [0.1, 0.15) is 0 Å². The molecule has 1 saturated heterocycles. The Bertz CT molecular complexity index is 186. The van der Waals surface area contributed by atoms with E-state index >= 15 is 0 Å². The fourth-order valence-electron chi connectivity index (χ4n) is 1.17. The minimum absolute atomic E-state index is 0.489. The van der Waals surface area contributed by atoms with E-state index in [-0.39, 0.29) is 0 Å². The van der Waals surface area contributed by atoms with Crippen molar-refractivity contribution < 1.29 is 29.7 Å². The first-order chi connectivity index (χ1) is 6.11. The zero-order chi connectivity index (χ0) is 10.0. The zero-order valence-corrected chi connectivity index (χ0v) is 7.54. The molecule has 0 aromatic heterocycles. The van der Waals surface area contributed by atoms with Gasteiger partial charge in [-0.05, 0) is 0 Å². The average Bonchev–Trinajstić information content (AvgIpc) is 2.15. The van der Waals surface area contributed by atoms with Crippen molar-refractivity contribution in [1.82, 2.24) is 0 Å². The molecule has 1 heterocycles. The topological polar surface area (TPSA) is 107 Å². The Balaban J connectivity index is 2.71. The molecule has 0 saturated carbocycles.